The molecule has 0 N–H and O–H groups in total. The summed E-state index contributed by atoms with van der Waals surface area (Å²) in [6, 6.07) is 16.2. The Kier molecular flexibility index (Phi) is 16.7. The average molecular weight is 698 g/mol. The summed E-state index contributed by atoms with van der Waals surface area (Å²) >= 11 is 0. The normalized spacial score (nSPS) is 25.7. The van der Waals surface area contributed by atoms with E-state index in [0.717, 1.165) is 59.5 Å². The van der Waals surface area contributed by atoms with Gasteiger partial charge in [-0.05, 0) is 159 Å². The van der Waals surface area contributed by atoms with Crippen LogP contribution in [0.15, 0.2) is 71.8 Å². The van der Waals surface area contributed by atoms with Crippen molar-refractivity contribution in [1.29, 1.82) is 5.26 Å². The SMILES string of the molecule is CCC1CCC(C2CC=C(C#Cc3ccc(C#N)cc3)CC2)CC1.CCCCCCCC1CCC(C2CC=C(C#Cc3ccc(F)cc3)CC2)CC1. The highest BCUT2D eigenvalue weighted by Gasteiger charge is 2.29. The third-order valence-corrected chi connectivity index (χ3v) is 12.9. The number of hydrogen-bond acceptors (Lipinski definition) is 1. The van der Waals surface area contributed by atoms with E-state index in [1.807, 2.05) is 24.3 Å². The molecule has 0 heterocycles. The number of nitriles is 1. The summed E-state index contributed by atoms with van der Waals surface area (Å²) in [6.07, 6.45) is 33.7. The van der Waals surface area contributed by atoms with Gasteiger partial charge in [-0.15, -0.1) is 0 Å². The summed E-state index contributed by atoms with van der Waals surface area (Å²) in [6.45, 7) is 4.63. The Morgan fingerprint density at radius 1 is 0.538 bits per heavy atom. The first-order chi connectivity index (χ1) is 25.5. The molecule has 276 valence electrons. The zero-order valence-corrected chi connectivity index (χ0v) is 32.4. The number of nitrogens with zero attached hydrogens (tertiary/aromatic N) is 1. The molecular weight excluding hydrogens is 634 g/mol. The van der Waals surface area contributed by atoms with Crippen molar-refractivity contribution in [2.24, 2.45) is 35.5 Å². The van der Waals surface area contributed by atoms with Crippen molar-refractivity contribution in [3.63, 3.8) is 0 Å². The summed E-state index contributed by atoms with van der Waals surface area (Å²) in [7, 11) is 0. The van der Waals surface area contributed by atoms with E-state index in [1.54, 1.807) is 12.1 Å². The van der Waals surface area contributed by atoms with Gasteiger partial charge in [0, 0.05) is 11.1 Å². The Hall–Kier alpha value is -3.54. The molecule has 2 fully saturated rings. The predicted octanol–water partition coefficient (Wildman–Crippen LogP) is 13.9. The molecule has 2 unspecified atom stereocenters. The van der Waals surface area contributed by atoms with E-state index in [-0.39, 0.29) is 5.82 Å². The topological polar surface area (TPSA) is 23.8 Å². The number of allylic oxidation sites excluding steroid dienone is 4. The van der Waals surface area contributed by atoms with Crippen LogP contribution in [0.4, 0.5) is 4.39 Å². The first kappa shape index (κ1) is 39.7. The minimum absolute atomic E-state index is 0.198. The molecule has 0 radical (unpaired) electrons. The van der Waals surface area contributed by atoms with Crippen molar-refractivity contribution in [3.8, 4) is 29.8 Å². The Labute approximate surface area is 317 Å². The number of unbranched alkanes of at least 4 members (excludes halogenated alkanes) is 4. The van der Waals surface area contributed by atoms with Gasteiger partial charge in [-0.25, -0.2) is 4.39 Å². The van der Waals surface area contributed by atoms with Crippen LogP contribution in [0.5, 0.6) is 0 Å². The molecule has 52 heavy (non-hydrogen) atoms. The fraction of sp³-hybridized carbons (Fsp3) is 0.580. The zero-order valence-electron chi connectivity index (χ0n) is 32.4. The standard InChI is InChI=1S/C27H37F.C23H27N/c1-2-3-4-5-6-7-22-10-16-25(17-11-22)26-18-12-23(13-19-26)8-9-24-14-20-27(28)21-15-24;1-2-18-9-13-22(14-10-18)23-15-11-20(12-16-23)4-3-19-5-7-21(17-24)8-6-19/h12,14-15,20-22,25-26H,2-7,10-11,13,16-19H2,1H3;5-8,11,18,22-23H,2,9-10,12-16H2,1H3. The van der Waals surface area contributed by atoms with Crippen LogP contribution in [0.25, 0.3) is 0 Å². The average Bonchev–Trinajstić information content (AvgIpc) is 3.21. The van der Waals surface area contributed by atoms with Gasteiger partial charge in [0.15, 0.2) is 0 Å². The molecule has 0 bridgehead atoms. The fourth-order valence-electron chi connectivity index (χ4n) is 9.31. The molecule has 4 aliphatic carbocycles. The van der Waals surface area contributed by atoms with Gasteiger partial charge in [-0.2, -0.15) is 5.26 Å². The lowest BCUT2D eigenvalue weighted by atomic mass is 9.70. The molecule has 2 heteroatoms. The lowest BCUT2D eigenvalue weighted by molar-refractivity contribution is 0.186. The maximum Gasteiger partial charge on any atom is 0.123 e. The number of rotatable bonds is 9. The van der Waals surface area contributed by atoms with Crippen molar-refractivity contribution in [2.75, 3.05) is 0 Å². The van der Waals surface area contributed by atoms with E-state index in [0.29, 0.717) is 5.56 Å². The van der Waals surface area contributed by atoms with Crippen molar-refractivity contribution in [3.05, 3.63) is 94.3 Å². The van der Waals surface area contributed by atoms with Gasteiger partial charge < -0.3 is 0 Å². The van der Waals surface area contributed by atoms with Gasteiger partial charge in [0.1, 0.15) is 5.82 Å². The van der Waals surface area contributed by atoms with Crippen LogP contribution < -0.4 is 0 Å². The number of hydrogen-bond donors (Lipinski definition) is 0. The van der Waals surface area contributed by atoms with E-state index < -0.39 is 0 Å². The molecule has 2 aromatic rings. The molecule has 2 saturated carbocycles. The molecule has 0 aromatic heterocycles. The Morgan fingerprint density at radius 2 is 1.02 bits per heavy atom. The molecule has 0 saturated heterocycles. The smallest absolute Gasteiger partial charge is 0.123 e. The maximum absolute atomic E-state index is 13.0. The molecule has 6 rings (SSSR count). The summed E-state index contributed by atoms with van der Waals surface area (Å²) in [4.78, 5) is 0. The van der Waals surface area contributed by atoms with E-state index in [2.05, 4.69) is 55.8 Å². The van der Waals surface area contributed by atoms with E-state index >= 15 is 0 Å². The van der Waals surface area contributed by atoms with Gasteiger partial charge in [0.25, 0.3) is 0 Å². The Morgan fingerprint density at radius 3 is 1.48 bits per heavy atom. The van der Waals surface area contributed by atoms with Crippen molar-refractivity contribution < 1.29 is 4.39 Å². The second-order valence-corrected chi connectivity index (χ2v) is 16.4. The van der Waals surface area contributed by atoms with Crippen molar-refractivity contribution in [2.45, 2.75) is 149 Å². The van der Waals surface area contributed by atoms with E-state index in [1.165, 1.54) is 145 Å². The second kappa shape index (κ2) is 21.9. The molecular formula is C50H64FN. The highest BCUT2D eigenvalue weighted by Crippen LogP contribution is 2.42. The Bertz CT molecular complexity index is 1580. The minimum Gasteiger partial charge on any atom is -0.207 e. The van der Waals surface area contributed by atoms with Crippen LogP contribution >= 0.6 is 0 Å². The molecule has 2 aromatic carbocycles. The maximum atomic E-state index is 13.0. The fourth-order valence-corrected chi connectivity index (χ4v) is 9.31. The molecule has 4 aliphatic rings. The van der Waals surface area contributed by atoms with Crippen LogP contribution in [-0.2, 0) is 0 Å². The Balaban J connectivity index is 0.000000203. The highest BCUT2D eigenvalue weighted by molar-refractivity contribution is 5.44. The van der Waals surface area contributed by atoms with Gasteiger partial charge in [0.2, 0.25) is 0 Å². The van der Waals surface area contributed by atoms with Crippen LogP contribution in [0.1, 0.15) is 165 Å². The number of benzene rings is 2. The zero-order chi connectivity index (χ0) is 36.4. The molecule has 1 nitrogen and oxygen atoms in total. The number of halogens is 1. The molecule has 0 aliphatic heterocycles. The summed E-state index contributed by atoms with van der Waals surface area (Å²) in [5, 5.41) is 8.83. The van der Waals surface area contributed by atoms with Crippen LogP contribution in [0, 0.1) is 76.3 Å². The predicted molar refractivity (Wildman–Crippen MR) is 217 cm³/mol. The van der Waals surface area contributed by atoms with Crippen molar-refractivity contribution >= 4 is 0 Å². The highest BCUT2D eigenvalue weighted by atomic mass is 19.1. The van der Waals surface area contributed by atoms with Crippen LogP contribution in [0.3, 0.4) is 0 Å². The van der Waals surface area contributed by atoms with Gasteiger partial charge in [0.05, 0.1) is 11.6 Å². The molecule has 2 atom stereocenters. The summed E-state index contributed by atoms with van der Waals surface area (Å²) in [5.41, 5.74) is 5.17. The van der Waals surface area contributed by atoms with Crippen LogP contribution in [-0.4, -0.2) is 0 Å². The lowest BCUT2D eigenvalue weighted by Crippen LogP contribution is -2.23. The molecule has 0 spiro atoms. The quantitative estimate of drug-likeness (QED) is 0.189. The van der Waals surface area contributed by atoms with Gasteiger partial charge in [-0.1, -0.05) is 120 Å². The minimum atomic E-state index is -0.198. The molecule has 0 amide bonds. The monoisotopic (exact) mass is 698 g/mol. The summed E-state index contributed by atoms with van der Waals surface area (Å²) in [5.74, 6) is 18.6. The first-order valence-corrected chi connectivity index (χ1v) is 21.2. The van der Waals surface area contributed by atoms with Crippen LogP contribution in [0.2, 0.25) is 0 Å². The van der Waals surface area contributed by atoms with Gasteiger partial charge in [-0.3, -0.25) is 0 Å². The van der Waals surface area contributed by atoms with E-state index in [9.17, 15) is 4.39 Å². The van der Waals surface area contributed by atoms with E-state index in [4.69, 9.17) is 5.26 Å². The largest absolute Gasteiger partial charge is 0.207 e. The van der Waals surface area contributed by atoms with Crippen molar-refractivity contribution in [1.82, 2.24) is 0 Å². The van der Waals surface area contributed by atoms with Gasteiger partial charge >= 0.3 is 0 Å². The third-order valence-electron chi connectivity index (χ3n) is 12.9. The second-order valence-electron chi connectivity index (χ2n) is 16.4. The lowest BCUT2D eigenvalue weighted by Gasteiger charge is -2.35. The first-order valence-electron chi connectivity index (χ1n) is 21.2. The summed E-state index contributed by atoms with van der Waals surface area (Å²) < 4.78 is 13.0. The third kappa shape index (κ3) is 13.1.